The van der Waals surface area contributed by atoms with E-state index in [0.29, 0.717) is 32.6 Å². The van der Waals surface area contributed by atoms with E-state index in [1.165, 1.54) is 0 Å². The van der Waals surface area contributed by atoms with Crippen LogP contribution in [-0.2, 0) is 16.1 Å². The van der Waals surface area contributed by atoms with Crippen molar-refractivity contribution in [3.63, 3.8) is 0 Å². The summed E-state index contributed by atoms with van der Waals surface area (Å²) >= 11 is 0. The van der Waals surface area contributed by atoms with Crippen LogP contribution >= 0.6 is 0 Å². The van der Waals surface area contributed by atoms with Crippen LogP contribution in [0.25, 0.3) is 0 Å². The number of likely N-dealkylation sites (tertiary alicyclic amines) is 2. The normalized spacial score (nSPS) is 26.8. The largest absolute Gasteiger partial charge is 0.444 e. The molecule has 2 saturated heterocycles. The average molecular weight is 387 g/mol. The Bertz CT molecular complexity index is 841. The second kappa shape index (κ2) is 6.94. The van der Waals surface area contributed by atoms with Gasteiger partial charge in [-0.2, -0.15) is 0 Å². The Morgan fingerprint density at radius 3 is 2.68 bits per heavy atom. The Morgan fingerprint density at radius 2 is 1.93 bits per heavy atom. The number of aromatic nitrogens is 1. The van der Waals surface area contributed by atoms with Crippen molar-refractivity contribution >= 4 is 12.0 Å². The smallest absolute Gasteiger partial charge is 0.410 e. The van der Waals surface area contributed by atoms with Crippen molar-refractivity contribution in [2.45, 2.75) is 64.1 Å². The minimum Gasteiger partial charge on any atom is -0.444 e. The van der Waals surface area contributed by atoms with E-state index < -0.39 is 17.7 Å². The van der Waals surface area contributed by atoms with Crippen molar-refractivity contribution in [3.8, 4) is 0 Å². The molecule has 1 aromatic heterocycles. The molecule has 0 aliphatic carbocycles. The van der Waals surface area contributed by atoms with Gasteiger partial charge in [0, 0.05) is 43.9 Å². The van der Waals surface area contributed by atoms with Gasteiger partial charge in [0.25, 0.3) is 5.56 Å². The number of ether oxygens (including phenoxy) is 1. The fourth-order valence-corrected chi connectivity index (χ4v) is 4.85. The first kappa shape index (κ1) is 19.0. The molecule has 2 amide bonds. The molecule has 152 valence electrons. The van der Waals surface area contributed by atoms with Crippen LogP contribution in [0, 0.1) is 5.92 Å². The third-order valence-corrected chi connectivity index (χ3v) is 5.96. The van der Waals surface area contributed by atoms with E-state index in [1.54, 1.807) is 17.0 Å². The predicted octanol–water partition coefficient (Wildman–Crippen LogP) is 2.19. The molecule has 0 saturated carbocycles. The first-order valence-electron chi connectivity index (χ1n) is 10.2. The van der Waals surface area contributed by atoms with Crippen molar-refractivity contribution in [1.29, 1.82) is 0 Å². The maximum atomic E-state index is 13.3. The molecule has 0 radical (unpaired) electrons. The van der Waals surface area contributed by atoms with E-state index in [9.17, 15) is 14.4 Å². The highest BCUT2D eigenvalue weighted by molar-refractivity contribution is 5.86. The maximum Gasteiger partial charge on any atom is 0.410 e. The van der Waals surface area contributed by atoms with Crippen LogP contribution < -0.4 is 5.56 Å². The minimum absolute atomic E-state index is 0.0183. The van der Waals surface area contributed by atoms with Crippen LogP contribution in [0.15, 0.2) is 23.0 Å². The number of hydrogen-bond acceptors (Lipinski definition) is 4. The summed E-state index contributed by atoms with van der Waals surface area (Å²) in [5.74, 6) is 0.484. The van der Waals surface area contributed by atoms with E-state index in [0.717, 1.165) is 18.5 Å². The molecule has 3 aliphatic heterocycles. The summed E-state index contributed by atoms with van der Waals surface area (Å²) in [6, 6.07) is 4.96. The third-order valence-electron chi connectivity index (χ3n) is 5.96. The second-order valence-corrected chi connectivity index (χ2v) is 9.27. The standard InChI is InChI=1S/C21H29N3O4/c1-21(2,3)28-20(27)23-9-5-7-17(23)19(26)22-11-14-10-15(13-22)16-6-4-8-18(25)24(16)12-14/h4,6,8,14-15,17H,5,7,9-13H2,1-3H3/t14-,15-,17-/m1/s1. The van der Waals surface area contributed by atoms with Gasteiger partial charge in [-0.05, 0) is 52.0 Å². The Balaban J connectivity index is 1.50. The minimum atomic E-state index is -0.577. The number of pyridine rings is 1. The Morgan fingerprint density at radius 1 is 1.14 bits per heavy atom. The van der Waals surface area contributed by atoms with Gasteiger partial charge in [0.1, 0.15) is 11.6 Å². The van der Waals surface area contributed by atoms with Crippen LogP contribution in [-0.4, -0.2) is 57.6 Å². The van der Waals surface area contributed by atoms with Gasteiger partial charge >= 0.3 is 6.09 Å². The van der Waals surface area contributed by atoms with Crippen molar-refractivity contribution < 1.29 is 14.3 Å². The van der Waals surface area contributed by atoms with Crippen LogP contribution in [0.1, 0.15) is 51.6 Å². The zero-order valence-electron chi connectivity index (χ0n) is 16.9. The van der Waals surface area contributed by atoms with Gasteiger partial charge < -0.3 is 14.2 Å². The first-order valence-corrected chi connectivity index (χ1v) is 10.2. The molecule has 28 heavy (non-hydrogen) atoms. The fraction of sp³-hybridized carbons (Fsp3) is 0.667. The molecule has 2 bridgehead atoms. The Labute approximate surface area is 165 Å². The molecule has 0 aromatic carbocycles. The highest BCUT2D eigenvalue weighted by Gasteiger charge is 2.42. The van der Waals surface area contributed by atoms with Crippen LogP contribution in [0.3, 0.4) is 0 Å². The van der Waals surface area contributed by atoms with Gasteiger partial charge in [-0.25, -0.2) is 4.79 Å². The van der Waals surface area contributed by atoms with E-state index in [-0.39, 0.29) is 23.3 Å². The van der Waals surface area contributed by atoms with Gasteiger partial charge in [0.05, 0.1) is 0 Å². The van der Waals surface area contributed by atoms with E-state index in [4.69, 9.17) is 4.74 Å². The second-order valence-electron chi connectivity index (χ2n) is 9.27. The summed E-state index contributed by atoms with van der Waals surface area (Å²) in [7, 11) is 0. The summed E-state index contributed by atoms with van der Waals surface area (Å²) in [4.78, 5) is 41.5. The van der Waals surface area contributed by atoms with Gasteiger partial charge in [-0.3, -0.25) is 14.5 Å². The summed E-state index contributed by atoms with van der Waals surface area (Å²) in [6.45, 7) is 7.99. The lowest BCUT2D eigenvalue weighted by Crippen LogP contribution is -2.54. The zero-order valence-corrected chi connectivity index (χ0v) is 16.9. The quantitative estimate of drug-likeness (QED) is 0.741. The highest BCUT2D eigenvalue weighted by atomic mass is 16.6. The number of carbonyl (C=O) groups is 2. The molecule has 3 atom stereocenters. The number of piperidine rings is 1. The molecule has 7 nitrogen and oxygen atoms in total. The number of nitrogens with zero attached hydrogens (tertiary/aromatic N) is 3. The lowest BCUT2D eigenvalue weighted by atomic mass is 9.83. The Hall–Kier alpha value is -2.31. The van der Waals surface area contributed by atoms with Crippen molar-refractivity contribution in [3.05, 3.63) is 34.2 Å². The van der Waals surface area contributed by atoms with Gasteiger partial charge in [-0.15, -0.1) is 0 Å². The lowest BCUT2D eigenvalue weighted by molar-refractivity contribution is -0.138. The molecule has 7 heteroatoms. The maximum absolute atomic E-state index is 13.3. The number of fused-ring (bicyclic) bond motifs is 4. The number of carbonyl (C=O) groups excluding carboxylic acids is 2. The predicted molar refractivity (Wildman–Crippen MR) is 104 cm³/mol. The average Bonchev–Trinajstić information content (AvgIpc) is 3.10. The third kappa shape index (κ3) is 3.54. The monoisotopic (exact) mass is 387 g/mol. The molecule has 1 aromatic rings. The fourth-order valence-electron chi connectivity index (χ4n) is 4.85. The summed E-state index contributed by atoms with van der Waals surface area (Å²) in [5, 5.41) is 0. The topological polar surface area (TPSA) is 71.8 Å². The lowest BCUT2D eigenvalue weighted by Gasteiger charge is -2.44. The van der Waals surface area contributed by atoms with E-state index >= 15 is 0 Å². The molecule has 0 N–H and O–H groups in total. The van der Waals surface area contributed by atoms with Crippen molar-refractivity contribution in [2.24, 2.45) is 5.92 Å². The first-order chi connectivity index (χ1) is 13.2. The number of hydrogen-bond donors (Lipinski definition) is 0. The summed E-state index contributed by atoms with van der Waals surface area (Å²) < 4.78 is 7.37. The van der Waals surface area contributed by atoms with E-state index in [1.807, 2.05) is 36.3 Å². The molecule has 0 spiro atoms. The SMILES string of the molecule is CC(C)(C)OC(=O)N1CCC[C@@H]1C(=O)N1C[C@H]2C[C@H](C1)c1cccc(=O)n1C2. The van der Waals surface area contributed by atoms with Crippen molar-refractivity contribution in [2.75, 3.05) is 19.6 Å². The van der Waals surface area contributed by atoms with Gasteiger partial charge in [-0.1, -0.05) is 6.07 Å². The number of amides is 2. The molecule has 2 fully saturated rings. The molecule has 3 aliphatic rings. The van der Waals surface area contributed by atoms with Crippen molar-refractivity contribution in [1.82, 2.24) is 14.4 Å². The summed E-state index contributed by atoms with van der Waals surface area (Å²) in [5.41, 5.74) is 0.488. The van der Waals surface area contributed by atoms with Crippen LogP contribution in [0.2, 0.25) is 0 Å². The molecule has 4 rings (SSSR count). The van der Waals surface area contributed by atoms with Gasteiger partial charge in [0.2, 0.25) is 5.91 Å². The van der Waals surface area contributed by atoms with Gasteiger partial charge in [0.15, 0.2) is 0 Å². The van der Waals surface area contributed by atoms with E-state index in [2.05, 4.69) is 0 Å². The highest BCUT2D eigenvalue weighted by Crippen LogP contribution is 2.36. The number of rotatable bonds is 1. The zero-order chi connectivity index (χ0) is 20.1. The van der Waals surface area contributed by atoms with Crippen LogP contribution in [0.5, 0.6) is 0 Å². The molecular weight excluding hydrogens is 358 g/mol. The summed E-state index contributed by atoms with van der Waals surface area (Å²) in [6.07, 6.45) is 2.10. The molecule has 4 heterocycles. The molecular formula is C21H29N3O4. The molecule has 0 unspecified atom stereocenters. The Kier molecular flexibility index (Phi) is 4.71. The van der Waals surface area contributed by atoms with Crippen LogP contribution in [0.4, 0.5) is 4.79 Å².